The molecule has 8 heteroatoms. The van der Waals surface area contributed by atoms with E-state index in [1.807, 2.05) is 0 Å². The van der Waals surface area contributed by atoms with E-state index in [0.717, 1.165) is 10.2 Å². The van der Waals surface area contributed by atoms with Gasteiger partial charge in [-0.1, -0.05) is 29.5 Å². The van der Waals surface area contributed by atoms with Gasteiger partial charge in [0.15, 0.2) is 0 Å². The smallest absolute Gasteiger partial charge is 0.278 e. The first-order chi connectivity index (χ1) is 13.0. The molecule has 1 heterocycles. The van der Waals surface area contributed by atoms with Gasteiger partial charge >= 0.3 is 0 Å². The third-order valence-electron chi connectivity index (χ3n) is 4.02. The molecule has 0 bridgehead atoms. The fourth-order valence-electron chi connectivity index (χ4n) is 2.54. The van der Waals surface area contributed by atoms with Gasteiger partial charge in [-0.15, -0.1) is 5.10 Å². The predicted octanol–water partition coefficient (Wildman–Crippen LogP) is 0.810. The van der Waals surface area contributed by atoms with E-state index in [0.29, 0.717) is 16.5 Å². The van der Waals surface area contributed by atoms with Crippen LogP contribution in [-0.4, -0.2) is 45.8 Å². The molecule has 0 unspecified atom stereocenters. The fraction of sp³-hybridized carbons (Fsp3) is 0.211. The van der Waals surface area contributed by atoms with Gasteiger partial charge in [0.05, 0.1) is 5.39 Å². The highest BCUT2D eigenvalue weighted by Gasteiger charge is 2.10. The van der Waals surface area contributed by atoms with Gasteiger partial charge in [-0.25, -0.2) is 4.68 Å². The fourth-order valence-corrected chi connectivity index (χ4v) is 2.54. The lowest BCUT2D eigenvalue weighted by molar-refractivity contribution is -0.122. The molecule has 3 rings (SSSR count). The molecule has 0 aliphatic carbocycles. The molecule has 0 radical (unpaired) electrons. The molecule has 0 aliphatic heterocycles. The first-order valence-corrected chi connectivity index (χ1v) is 8.35. The van der Waals surface area contributed by atoms with E-state index < -0.39 is 0 Å². The number of carbonyl (C=O) groups is 2. The molecular weight excluding hydrogens is 346 g/mol. The largest absolute Gasteiger partial charge is 0.350 e. The van der Waals surface area contributed by atoms with Crippen molar-refractivity contribution >= 4 is 22.7 Å². The van der Waals surface area contributed by atoms with Crippen molar-refractivity contribution in [2.24, 2.45) is 0 Å². The number of fused-ring (bicyclic) bond motifs is 1. The summed E-state index contributed by atoms with van der Waals surface area (Å²) in [5, 5.41) is 10.9. The maximum Gasteiger partial charge on any atom is 0.278 e. The van der Waals surface area contributed by atoms with E-state index in [-0.39, 0.29) is 30.5 Å². The Morgan fingerprint density at radius 3 is 2.48 bits per heavy atom. The van der Waals surface area contributed by atoms with Crippen molar-refractivity contribution in [3.8, 4) is 0 Å². The van der Waals surface area contributed by atoms with Crippen LogP contribution in [0.25, 0.3) is 10.9 Å². The van der Waals surface area contributed by atoms with Crippen molar-refractivity contribution in [2.45, 2.75) is 13.1 Å². The second-order valence-electron chi connectivity index (χ2n) is 6.24. The van der Waals surface area contributed by atoms with Crippen LogP contribution in [0.5, 0.6) is 0 Å². The van der Waals surface area contributed by atoms with Crippen LogP contribution in [0.2, 0.25) is 0 Å². The van der Waals surface area contributed by atoms with Crippen molar-refractivity contribution in [1.82, 2.24) is 25.2 Å². The van der Waals surface area contributed by atoms with E-state index >= 15 is 0 Å². The molecule has 0 spiro atoms. The van der Waals surface area contributed by atoms with Crippen LogP contribution in [0.1, 0.15) is 15.9 Å². The van der Waals surface area contributed by atoms with Crippen molar-refractivity contribution in [3.05, 3.63) is 70.0 Å². The molecule has 0 aliphatic rings. The van der Waals surface area contributed by atoms with Crippen molar-refractivity contribution in [3.63, 3.8) is 0 Å². The number of rotatable bonds is 5. The number of nitrogens with zero attached hydrogens (tertiary/aromatic N) is 4. The number of amides is 2. The van der Waals surface area contributed by atoms with Crippen molar-refractivity contribution < 1.29 is 9.59 Å². The van der Waals surface area contributed by atoms with E-state index in [9.17, 15) is 14.4 Å². The van der Waals surface area contributed by atoms with Gasteiger partial charge in [0.25, 0.3) is 11.5 Å². The lowest BCUT2D eigenvalue weighted by Crippen LogP contribution is -2.34. The van der Waals surface area contributed by atoms with Crippen molar-refractivity contribution in [2.75, 3.05) is 14.1 Å². The highest BCUT2D eigenvalue weighted by atomic mass is 16.2. The Bertz CT molecular complexity index is 1040. The molecule has 27 heavy (non-hydrogen) atoms. The SMILES string of the molecule is CN(C)C(=O)c1ccc(CNC(=O)Cn2nnc3ccccc3c2=O)cc1. The average molecular weight is 365 g/mol. The van der Waals surface area contributed by atoms with Crippen LogP contribution in [0.3, 0.4) is 0 Å². The molecule has 2 aromatic carbocycles. The summed E-state index contributed by atoms with van der Waals surface area (Å²) < 4.78 is 1.04. The molecule has 138 valence electrons. The summed E-state index contributed by atoms with van der Waals surface area (Å²) >= 11 is 0. The Labute approximate surface area is 155 Å². The van der Waals surface area contributed by atoms with Crippen LogP contribution in [0.4, 0.5) is 0 Å². The molecular formula is C19H19N5O3. The second kappa shape index (κ2) is 7.77. The van der Waals surface area contributed by atoms with Crippen LogP contribution in [0, 0.1) is 0 Å². The summed E-state index contributed by atoms with van der Waals surface area (Å²) in [6.07, 6.45) is 0. The van der Waals surface area contributed by atoms with Crippen LogP contribution in [-0.2, 0) is 17.9 Å². The van der Waals surface area contributed by atoms with Gasteiger partial charge in [-0.3, -0.25) is 14.4 Å². The molecule has 0 saturated heterocycles. The highest BCUT2D eigenvalue weighted by Crippen LogP contribution is 2.06. The topological polar surface area (TPSA) is 97.2 Å². The number of aromatic nitrogens is 3. The Morgan fingerprint density at radius 1 is 1.07 bits per heavy atom. The zero-order valence-corrected chi connectivity index (χ0v) is 15.0. The number of hydrogen-bond acceptors (Lipinski definition) is 5. The molecule has 0 fully saturated rings. The Hall–Kier alpha value is -3.55. The Balaban J connectivity index is 1.63. The molecule has 0 atom stereocenters. The first-order valence-electron chi connectivity index (χ1n) is 8.35. The summed E-state index contributed by atoms with van der Waals surface area (Å²) in [5.74, 6) is -0.435. The molecule has 1 N–H and O–H groups in total. The van der Waals surface area contributed by atoms with E-state index in [4.69, 9.17) is 0 Å². The van der Waals surface area contributed by atoms with Gasteiger partial charge in [0, 0.05) is 26.2 Å². The van der Waals surface area contributed by atoms with Gasteiger partial charge < -0.3 is 10.2 Å². The van der Waals surface area contributed by atoms with Crippen molar-refractivity contribution in [1.29, 1.82) is 0 Å². The third-order valence-corrected chi connectivity index (χ3v) is 4.02. The number of carbonyl (C=O) groups excluding carboxylic acids is 2. The molecule has 0 saturated carbocycles. The lowest BCUT2D eigenvalue weighted by Gasteiger charge is -2.11. The maximum absolute atomic E-state index is 12.3. The number of hydrogen-bond donors (Lipinski definition) is 1. The minimum Gasteiger partial charge on any atom is -0.350 e. The van der Waals surface area contributed by atoms with Gasteiger partial charge in [0.2, 0.25) is 5.91 Å². The summed E-state index contributed by atoms with van der Waals surface area (Å²) in [6, 6.07) is 13.8. The summed E-state index contributed by atoms with van der Waals surface area (Å²) in [6.45, 7) is 0.0683. The van der Waals surface area contributed by atoms with Gasteiger partial charge in [-0.2, -0.15) is 0 Å². The predicted molar refractivity (Wildman–Crippen MR) is 100 cm³/mol. The zero-order valence-electron chi connectivity index (χ0n) is 15.0. The minimum atomic E-state index is -0.359. The number of benzene rings is 2. The summed E-state index contributed by atoms with van der Waals surface area (Å²) in [7, 11) is 3.38. The van der Waals surface area contributed by atoms with E-state index in [2.05, 4.69) is 15.6 Å². The Morgan fingerprint density at radius 2 is 1.78 bits per heavy atom. The minimum absolute atomic E-state index is 0.0835. The third kappa shape index (κ3) is 4.17. The molecule has 3 aromatic rings. The number of nitrogens with one attached hydrogen (secondary N) is 1. The maximum atomic E-state index is 12.3. The van der Waals surface area contributed by atoms with E-state index in [1.54, 1.807) is 62.6 Å². The summed E-state index contributed by atoms with van der Waals surface area (Å²) in [4.78, 5) is 37.8. The highest BCUT2D eigenvalue weighted by molar-refractivity contribution is 5.93. The van der Waals surface area contributed by atoms with Crippen LogP contribution >= 0.6 is 0 Å². The molecule has 2 amide bonds. The summed E-state index contributed by atoms with van der Waals surface area (Å²) in [5.41, 5.74) is 1.55. The zero-order chi connectivity index (χ0) is 19.4. The standard InChI is InChI=1S/C19H19N5O3/c1-23(2)18(26)14-9-7-13(8-10-14)11-20-17(25)12-24-19(27)15-5-3-4-6-16(15)21-22-24/h3-10H,11-12H2,1-2H3,(H,20,25). The molecule has 1 aromatic heterocycles. The normalized spacial score (nSPS) is 10.6. The van der Waals surface area contributed by atoms with Gasteiger partial charge in [-0.05, 0) is 29.8 Å². The lowest BCUT2D eigenvalue weighted by atomic mass is 10.1. The van der Waals surface area contributed by atoms with Crippen LogP contribution in [0.15, 0.2) is 53.3 Å². The van der Waals surface area contributed by atoms with E-state index in [1.165, 1.54) is 4.90 Å². The van der Waals surface area contributed by atoms with Gasteiger partial charge in [0.1, 0.15) is 12.1 Å². The monoisotopic (exact) mass is 365 g/mol. The average Bonchev–Trinajstić information content (AvgIpc) is 2.68. The first kappa shape index (κ1) is 18.2. The van der Waals surface area contributed by atoms with Crippen LogP contribution < -0.4 is 10.9 Å². The quantitative estimate of drug-likeness (QED) is 0.722. The molecule has 8 nitrogen and oxygen atoms in total. The second-order valence-corrected chi connectivity index (χ2v) is 6.24. The Kier molecular flexibility index (Phi) is 5.25.